The minimum atomic E-state index is -0.0843. The number of carbonyl (C=O) groups excluding carboxylic acids is 1. The highest BCUT2D eigenvalue weighted by atomic mass is 32.1. The summed E-state index contributed by atoms with van der Waals surface area (Å²) in [4.78, 5) is 18.8. The van der Waals surface area contributed by atoms with Crippen molar-refractivity contribution in [2.75, 3.05) is 37.4 Å². The Morgan fingerprint density at radius 3 is 2.75 bits per heavy atom. The van der Waals surface area contributed by atoms with Crippen molar-refractivity contribution in [3.8, 4) is 0 Å². The van der Waals surface area contributed by atoms with Gasteiger partial charge in [0.05, 0.1) is 6.61 Å². The predicted molar refractivity (Wildman–Crippen MR) is 83.4 cm³/mol. The van der Waals surface area contributed by atoms with Crippen LogP contribution in [0, 0.1) is 0 Å². The number of thiazole rings is 1. The van der Waals surface area contributed by atoms with Crippen LogP contribution in [-0.4, -0.2) is 48.1 Å². The summed E-state index contributed by atoms with van der Waals surface area (Å²) in [5, 5.41) is 3.84. The van der Waals surface area contributed by atoms with E-state index in [9.17, 15) is 4.79 Å². The molecular formula is C13H24N4O2S. The second-order valence-electron chi connectivity index (χ2n) is 4.61. The van der Waals surface area contributed by atoms with Crippen molar-refractivity contribution in [2.45, 2.75) is 33.7 Å². The molecule has 0 atom stereocenters. The number of nitrogens with one attached hydrogen (secondary N) is 1. The topological polar surface area (TPSA) is 80.5 Å². The first-order valence-corrected chi connectivity index (χ1v) is 7.71. The molecule has 0 bridgehead atoms. The summed E-state index contributed by atoms with van der Waals surface area (Å²) in [7, 11) is 0. The van der Waals surface area contributed by atoms with Gasteiger partial charge in [-0.15, -0.1) is 0 Å². The maximum Gasteiger partial charge on any atom is 0.267 e. The van der Waals surface area contributed by atoms with E-state index >= 15 is 0 Å². The molecule has 0 aliphatic heterocycles. The molecule has 0 saturated carbocycles. The number of likely N-dealkylation sites (N-methyl/N-ethyl adjacent to an activating group) is 1. The molecule has 0 saturated heterocycles. The SMILES string of the molecule is CCOCCN(CC)C(=O)c1sc(NC(C)C)nc1N. The van der Waals surface area contributed by atoms with Crippen molar-refractivity contribution in [1.29, 1.82) is 0 Å². The van der Waals surface area contributed by atoms with E-state index in [1.165, 1.54) is 11.3 Å². The Morgan fingerprint density at radius 2 is 2.20 bits per heavy atom. The Hall–Kier alpha value is -1.34. The quantitative estimate of drug-likeness (QED) is 0.718. The summed E-state index contributed by atoms with van der Waals surface area (Å²) in [5.74, 6) is 0.206. The van der Waals surface area contributed by atoms with E-state index < -0.39 is 0 Å². The number of ether oxygens (including phenoxy) is 1. The minimum Gasteiger partial charge on any atom is -0.382 e. The van der Waals surface area contributed by atoms with Crippen LogP contribution in [0.3, 0.4) is 0 Å². The monoisotopic (exact) mass is 300 g/mol. The van der Waals surface area contributed by atoms with E-state index in [1.54, 1.807) is 4.90 Å². The standard InChI is InChI=1S/C13H24N4O2S/c1-5-17(7-8-19-6-2)12(18)10-11(14)16-13(20-10)15-9(3)4/h9H,5-8,14H2,1-4H3,(H,15,16). The van der Waals surface area contributed by atoms with Crippen molar-refractivity contribution in [3.63, 3.8) is 0 Å². The highest BCUT2D eigenvalue weighted by Crippen LogP contribution is 2.26. The first-order valence-electron chi connectivity index (χ1n) is 6.89. The van der Waals surface area contributed by atoms with E-state index in [-0.39, 0.29) is 17.8 Å². The second kappa shape index (κ2) is 8.06. The number of hydrogen-bond donors (Lipinski definition) is 2. The molecular weight excluding hydrogens is 276 g/mol. The first-order chi connectivity index (χ1) is 9.49. The Morgan fingerprint density at radius 1 is 1.50 bits per heavy atom. The van der Waals surface area contributed by atoms with E-state index in [1.807, 2.05) is 27.7 Å². The molecule has 0 aliphatic carbocycles. The minimum absolute atomic E-state index is 0.0843. The smallest absolute Gasteiger partial charge is 0.267 e. The predicted octanol–water partition coefficient (Wildman–Crippen LogP) is 2.04. The third-order valence-corrected chi connectivity index (χ3v) is 3.63. The van der Waals surface area contributed by atoms with Crippen molar-refractivity contribution in [2.24, 2.45) is 0 Å². The van der Waals surface area contributed by atoms with Crippen LogP contribution in [0.4, 0.5) is 10.9 Å². The van der Waals surface area contributed by atoms with Gasteiger partial charge in [-0.1, -0.05) is 11.3 Å². The number of nitrogen functional groups attached to an aromatic ring is 1. The van der Waals surface area contributed by atoms with E-state index in [4.69, 9.17) is 10.5 Å². The number of amides is 1. The summed E-state index contributed by atoms with van der Waals surface area (Å²) >= 11 is 1.30. The fourth-order valence-electron chi connectivity index (χ4n) is 1.66. The Kier molecular flexibility index (Phi) is 6.74. The lowest BCUT2D eigenvalue weighted by Crippen LogP contribution is -2.33. The van der Waals surface area contributed by atoms with Crippen molar-refractivity contribution < 1.29 is 9.53 Å². The van der Waals surface area contributed by atoms with Gasteiger partial charge in [0.15, 0.2) is 5.13 Å². The normalized spacial score (nSPS) is 10.8. The van der Waals surface area contributed by atoms with Gasteiger partial charge >= 0.3 is 0 Å². The fourth-order valence-corrected chi connectivity index (χ4v) is 2.66. The number of nitrogens with two attached hydrogens (primary N) is 1. The van der Waals surface area contributed by atoms with Crippen LogP contribution < -0.4 is 11.1 Å². The van der Waals surface area contributed by atoms with Crippen molar-refractivity contribution in [1.82, 2.24) is 9.88 Å². The number of hydrogen-bond acceptors (Lipinski definition) is 6. The zero-order chi connectivity index (χ0) is 15.1. The lowest BCUT2D eigenvalue weighted by molar-refractivity contribution is 0.0674. The van der Waals surface area contributed by atoms with Crippen LogP contribution in [0.15, 0.2) is 0 Å². The van der Waals surface area contributed by atoms with Crippen LogP contribution >= 0.6 is 11.3 Å². The molecule has 1 aromatic heterocycles. The molecule has 7 heteroatoms. The molecule has 1 aromatic rings. The molecule has 0 aromatic carbocycles. The molecule has 0 spiro atoms. The summed E-state index contributed by atoms with van der Waals surface area (Å²) < 4.78 is 5.29. The van der Waals surface area contributed by atoms with Crippen molar-refractivity contribution >= 4 is 28.2 Å². The van der Waals surface area contributed by atoms with Crippen LogP contribution in [0.1, 0.15) is 37.4 Å². The molecule has 0 aliphatic rings. The lowest BCUT2D eigenvalue weighted by atomic mass is 10.4. The molecule has 1 heterocycles. The second-order valence-corrected chi connectivity index (χ2v) is 5.61. The maximum atomic E-state index is 12.4. The summed E-state index contributed by atoms with van der Waals surface area (Å²) in [6, 6.07) is 0.253. The zero-order valence-corrected chi connectivity index (χ0v) is 13.4. The van der Waals surface area contributed by atoms with Gasteiger partial charge in [-0.3, -0.25) is 4.79 Å². The molecule has 20 heavy (non-hydrogen) atoms. The fraction of sp³-hybridized carbons (Fsp3) is 0.692. The summed E-state index contributed by atoms with van der Waals surface area (Å²) in [5.41, 5.74) is 5.85. The van der Waals surface area contributed by atoms with E-state index in [2.05, 4.69) is 10.3 Å². The summed E-state index contributed by atoms with van der Waals surface area (Å²) in [6.45, 7) is 10.3. The van der Waals surface area contributed by atoms with E-state index in [0.29, 0.717) is 36.3 Å². The average Bonchev–Trinajstić information content (AvgIpc) is 2.74. The van der Waals surface area contributed by atoms with Gasteiger partial charge in [0.25, 0.3) is 5.91 Å². The molecule has 3 N–H and O–H groups in total. The van der Waals surface area contributed by atoms with Gasteiger partial charge in [0.2, 0.25) is 0 Å². The van der Waals surface area contributed by atoms with Crippen LogP contribution in [-0.2, 0) is 4.74 Å². The first kappa shape index (κ1) is 16.7. The van der Waals surface area contributed by atoms with E-state index in [0.717, 1.165) is 0 Å². The zero-order valence-electron chi connectivity index (χ0n) is 12.6. The Labute approximate surface area is 124 Å². The van der Waals surface area contributed by atoms with Gasteiger partial charge in [0.1, 0.15) is 10.7 Å². The van der Waals surface area contributed by atoms with Crippen LogP contribution in [0.25, 0.3) is 0 Å². The third-order valence-electron chi connectivity index (χ3n) is 2.64. The molecule has 1 amide bonds. The van der Waals surface area contributed by atoms with Gasteiger partial charge < -0.3 is 20.7 Å². The molecule has 0 unspecified atom stereocenters. The lowest BCUT2D eigenvalue weighted by Gasteiger charge is -2.19. The number of nitrogens with zero attached hydrogens (tertiary/aromatic N) is 2. The van der Waals surface area contributed by atoms with Gasteiger partial charge in [-0.2, -0.15) is 0 Å². The molecule has 114 valence electrons. The number of aromatic nitrogens is 1. The molecule has 0 radical (unpaired) electrons. The number of rotatable bonds is 8. The van der Waals surface area contributed by atoms with Gasteiger partial charge in [0, 0.05) is 25.7 Å². The van der Waals surface area contributed by atoms with Crippen LogP contribution in [0.2, 0.25) is 0 Å². The van der Waals surface area contributed by atoms with Gasteiger partial charge in [-0.05, 0) is 27.7 Å². The van der Waals surface area contributed by atoms with Crippen molar-refractivity contribution in [3.05, 3.63) is 4.88 Å². The highest BCUT2D eigenvalue weighted by molar-refractivity contribution is 7.18. The molecule has 0 fully saturated rings. The third kappa shape index (κ3) is 4.64. The largest absolute Gasteiger partial charge is 0.382 e. The average molecular weight is 300 g/mol. The number of carbonyl (C=O) groups is 1. The van der Waals surface area contributed by atoms with Gasteiger partial charge in [-0.25, -0.2) is 4.98 Å². The summed E-state index contributed by atoms with van der Waals surface area (Å²) in [6.07, 6.45) is 0. The maximum absolute atomic E-state index is 12.4. The Balaban J connectivity index is 2.76. The highest BCUT2D eigenvalue weighted by Gasteiger charge is 2.21. The molecule has 6 nitrogen and oxygen atoms in total. The molecule has 1 rings (SSSR count). The number of anilines is 2. The Bertz CT molecular complexity index is 434. The van der Waals surface area contributed by atoms with Crippen LogP contribution in [0.5, 0.6) is 0 Å².